The quantitative estimate of drug-likeness (QED) is 0.163. The number of rotatable bonds is 10. The van der Waals surface area contributed by atoms with E-state index >= 15 is 0 Å². The van der Waals surface area contributed by atoms with Crippen LogP contribution in [0.2, 0.25) is 0 Å². The lowest BCUT2D eigenvalue weighted by atomic mass is 10.1. The van der Waals surface area contributed by atoms with Crippen molar-refractivity contribution < 1.29 is 14.6 Å². The zero-order valence-electron chi connectivity index (χ0n) is 15.0. The number of hydrogen-bond donors (Lipinski definition) is 3. The lowest BCUT2D eigenvalue weighted by molar-refractivity contribution is -0.143. The van der Waals surface area contributed by atoms with Crippen LogP contribution in [0, 0.1) is 0 Å². The molecule has 1 unspecified atom stereocenters. The van der Waals surface area contributed by atoms with Crippen LogP contribution in [0.3, 0.4) is 0 Å². The molecule has 0 radical (unpaired) electrons. The van der Waals surface area contributed by atoms with Gasteiger partial charge in [0.05, 0.1) is 12.7 Å². The summed E-state index contributed by atoms with van der Waals surface area (Å²) in [5.74, 6) is 0.512. The first-order chi connectivity index (χ1) is 11.7. The molecule has 0 bridgehead atoms. The van der Waals surface area contributed by atoms with Crippen LogP contribution in [-0.2, 0) is 9.53 Å². The normalized spacial score (nSPS) is 12.0. The second kappa shape index (κ2) is 14.9. The average molecular weight is 463 g/mol. The molecular formula is C18H30IN3O3. The van der Waals surface area contributed by atoms with Gasteiger partial charge in [0.25, 0.3) is 0 Å². The van der Waals surface area contributed by atoms with Crippen molar-refractivity contribution >= 4 is 35.9 Å². The first-order valence-corrected chi connectivity index (χ1v) is 8.58. The lowest BCUT2D eigenvalue weighted by Crippen LogP contribution is -2.38. The largest absolute Gasteiger partial charge is 0.466 e. The van der Waals surface area contributed by atoms with Gasteiger partial charge < -0.3 is 20.5 Å². The molecule has 0 fully saturated rings. The molecule has 0 spiro atoms. The minimum absolute atomic E-state index is 0. The van der Waals surface area contributed by atoms with E-state index in [4.69, 9.17) is 4.74 Å². The van der Waals surface area contributed by atoms with Crippen molar-refractivity contribution in [2.24, 2.45) is 4.99 Å². The van der Waals surface area contributed by atoms with Crippen molar-refractivity contribution in [1.29, 1.82) is 0 Å². The smallest absolute Gasteiger partial charge is 0.305 e. The Hall–Kier alpha value is -1.35. The van der Waals surface area contributed by atoms with Crippen LogP contribution < -0.4 is 10.6 Å². The van der Waals surface area contributed by atoms with Gasteiger partial charge in [0, 0.05) is 26.1 Å². The van der Waals surface area contributed by atoms with E-state index < -0.39 is 6.10 Å². The monoisotopic (exact) mass is 463 g/mol. The number of nitrogens with one attached hydrogen (secondary N) is 2. The number of esters is 1. The van der Waals surface area contributed by atoms with E-state index in [1.807, 2.05) is 37.3 Å². The van der Waals surface area contributed by atoms with E-state index in [1.54, 1.807) is 6.92 Å². The molecule has 0 saturated heterocycles. The average Bonchev–Trinajstić information content (AvgIpc) is 2.59. The summed E-state index contributed by atoms with van der Waals surface area (Å²) in [6.07, 6.45) is 1.13. The number of halogens is 1. The van der Waals surface area contributed by atoms with Gasteiger partial charge in [0.2, 0.25) is 0 Å². The second-order valence-electron chi connectivity index (χ2n) is 5.31. The summed E-state index contributed by atoms with van der Waals surface area (Å²) >= 11 is 0. The molecule has 1 rings (SSSR count). The molecule has 1 aromatic carbocycles. The van der Waals surface area contributed by atoms with E-state index in [2.05, 4.69) is 15.6 Å². The minimum Gasteiger partial charge on any atom is -0.466 e. The SMILES string of the molecule is CCNC(=NCCCC(=O)OCC)NCCC(O)c1ccccc1.I. The molecule has 1 atom stereocenters. The summed E-state index contributed by atoms with van der Waals surface area (Å²) in [5.41, 5.74) is 0.913. The maximum absolute atomic E-state index is 11.3. The Morgan fingerprint density at radius 3 is 2.60 bits per heavy atom. The van der Waals surface area contributed by atoms with Crippen molar-refractivity contribution in [3.05, 3.63) is 35.9 Å². The Bertz CT molecular complexity index is 498. The fourth-order valence-corrected chi connectivity index (χ4v) is 2.16. The summed E-state index contributed by atoms with van der Waals surface area (Å²) in [7, 11) is 0. The minimum atomic E-state index is -0.495. The van der Waals surface area contributed by atoms with Gasteiger partial charge in [-0.15, -0.1) is 24.0 Å². The number of hydrogen-bond acceptors (Lipinski definition) is 4. The number of aliphatic hydroxyl groups excluding tert-OH is 1. The van der Waals surface area contributed by atoms with Crippen LogP contribution in [0.5, 0.6) is 0 Å². The first kappa shape index (κ1) is 23.6. The highest BCUT2D eigenvalue weighted by molar-refractivity contribution is 14.0. The fourth-order valence-electron chi connectivity index (χ4n) is 2.16. The van der Waals surface area contributed by atoms with Gasteiger partial charge in [-0.3, -0.25) is 9.79 Å². The molecular weight excluding hydrogens is 433 g/mol. The Morgan fingerprint density at radius 1 is 1.24 bits per heavy atom. The summed E-state index contributed by atoms with van der Waals surface area (Å²) in [6, 6.07) is 9.60. The molecule has 7 heteroatoms. The fraction of sp³-hybridized carbons (Fsp3) is 0.556. The number of ether oxygens (including phenoxy) is 1. The molecule has 0 aromatic heterocycles. The summed E-state index contributed by atoms with van der Waals surface area (Å²) < 4.78 is 4.88. The number of aliphatic imine (C=N–C) groups is 1. The van der Waals surface area contributed by atoms with Crippen molar-refractivity contribution in [1.82, 2.24) is 10.6 Å². The third kappa shape index (κ3) is 11.0. The van der Waals surface area contributed by atoms with E-state index in [1.165, 1.54) is 0 Å². The van der Waals surface area contributed by atoms with Gasteiger partial charge in [-0.25, -0.2) is 0 Å². The highest BCUT2D eigenvalue weighted by atomic mass is 127. The second-order valence-corrected chi connectivity index (χ2v) is 5.31. The van der Waals surface area contributed by atoms with Crippen LogP contribution >= 0.6 is 24.0 Å². The Balaban J connectivity index is 0.00000576. The molecule has 3 N–H and O–H groups in total. The molecule has 0 saturated carbocycles. The van der Waals surface area contributed by atoms with Crippen LogP contribution in [0.1, 0.15) is 44.8 Å². The number of carbonyl (C=O) groups is 1. The molecule has 0 aliphatic carbocycles. The number of guanidine groups is 1. The topological polar surface area (TPSA) is 83.0 Å². The summed E-state index contributed by atoms with van der Waals surface area (Å²) in [5, 5.41) is 16.5. The van der Waals surface area contributed by atoms with Crippen LogP contribution in [0.15, 0.2) is 35.3 Å². The van der Waals surface area contributed by atoms with E-state index in [9.17, 15) is 9.90 Å². The Morgan fingerprint density at radius 2 is 1.96 bits per heavy atom. The van der Waals surface area contributed by atoms with Gasteiger partial charge in [0.15, 0.2) is 5.96 Å². The molecule has 0 heterocycles. The highest BCUT2D eigenvalue weighted by Gasteiger charge is 2.07. The maximum atomic E-state index is 11.3. The van der Waals surface area contributed by atoms with Crippen LogP contribution in [0.25, 0.3) is 0 Å². The number of nitrogens with zero attached hydrogens (tertiary/aromatic N) is 1. The van der Waals surface area contributed by atoms with Crippen LogP contribution in [-0.4, -0.2) is 43.3 Å². The number of aliphatic hydroxyl groups is 1. The molecule has 6 nitrogen and oxygen atoms in total. The molecule has 142 valence electrons. The van der Waals surface area contributed by atoms with Gasteiger partial charge in [0.1, 0.15) is 0 Å². The van der Waals surface area contributed by atoms with Gasteiger partial charge in [-0.1, -0.05) is 30.3 Å². The standard InChI is InChI=1S/C18H29N3O3.HI/c1-3-19-18(20-13-8-11-17(23)24-4-2)21-14-12-16(22)15-9-6-5-7-10-15;/h5-7,9-10,16,22H,3-4,8,11-14H2,1-2H3,(H2,19,20,21);1H. The lowest BCUT2D eigenvalue weighted by Gasteiger charge is -2.14. The molecule has 0 aliphatic heterocycles. The number of carbonyl (C=O) groups excluding carboxylic acids is 1. The van der Waals surface area contributed by atoms with E-state index in [-0.39, 0.29) is 29.9 Å². The molecule has 0 aliphatic rings. The van der Waals surface area contributed by atoms with Gasteiger partial charge >= 0.3 is 5.97 Å². The molecule has 1 aromatic rings. The number of benzene rings is 1. The predicted octanol–water partition coefficient (Wildman–Crippen LogP) is 2.63. The van der Waals surface area contributed by atoms with Crippen molar-refractivity contribution in [3.63, 3.8) is 0 Å². The third-order valence-corrected chi connectivity index (χ3v) is 3.35. The molecule has 0 amide bonds. The zero-order chi connectivity index (χ0) is 17.6. The Kier molecular flexibility index (Phi) is 14.1. The Labute approximate surface area is 167 Å². The van der Waals surface area contributed by atoms with Crippen molar-refractivity contribution in [3.8, 4) is 0 Å². The predicted molar refractivity (Wildman–Crippen MR) is 111 cm³/mol. The molecule has 25 heavy (non-hydrogen) atoms. The first-order valence-electron chi connectivity index (χ1n) is 8.58. The van der Waals surface area contributed by atoms with E-state index in [0.717, 1.165) is 12.1 Å². The zero-order valence-corrected chi connectivity index (χ0v) is 17.4. The summed E-state index contributed by atoms with van der Waals surface area (Å²) in [4.78, 5) is 15.7. The van der Waals surface area contributed by atoms with Crippen molar-refractivity contribution in [2.45, 2.75) is 39.2 Å². The van der Waals surface area contributed by atoms with Crippen LogP contribution in [0.4, 0.5) is 0 Å². The van der Waals surface area contributed by atoms with Gasteiger partial charge in [-0.05, 0) is 32.3 Å². The van der Waals surface area contributed by atoms with Crippen molar-refractivity contribution in [2.75, 3.05) is 26.2 Å². The van der Waals surface area contributed by atoms with E-state index in [0.29, 0.717) is 44.9 Å². The summed E-state index contributed by atoms with van der Waals surface area (Å²) in [6.45, 7) is 6.12. The third-order valence-electron chi connectivity index (χ3n) is 3.35. The highest BCUT2D eigenvalue weighted by Crippen LogP contribution is 2.14. The van der Waals surface area contributed by atoms with Gasteiger partial charge in [-0.2, -0.15) is 0 Å². The maximum Gasteiger partial charge on any atom is 0.305 e.